The van der Waals surface area contributed by atoms with Crippen LogP contribution in [0.4, 0.5) is 0 Å². The van der Waals surface area contributed by atoms with Crippen LogP contribution in [-0.4, -0.2) is 33.4 Å². The van der Waals surface area contributed by atoms with E-state index in [2.05, 4.69) is 0 Å². The largest absolute Gasteiger partial charge is 0.548 e. The summed E-state index contributed by atoms with van der Waals surface area (Å²) in [7, 11) is 0. The van der Waals surface area contributed by atoms with Crippen LogP contribution < -0.4 is 5.11 Å². The van der Waals surface area contributed by atoms with Crippen molar-refractivity contribution in [3.63, 3.8) is 0 Å². The van der Waals surface area contributed by atoms with Crippen LogP contribution in [0.2, 0.25) is 0 Å². The first-order valence-corrected chi connectivity index (χ1v) is 8.73. The van der Waals surface area contributed by atoms with Gasteiger partial charge in [-0.3, -0.25) is 14.5 Å². The maximum absolute atomic E-state index is 12.6. The van der Waals surface area contributed by atoms with Gasteiger partial charge < -0.3 is 9.90 Å². The topological polar surface area (TPSA) is 77.5 Å². The monoisotopic (exact) mass is 362 g/mol. The number of rotatable bonds is 7. The molecule has 0 aromatic heterocycles. The number of aldehydes is 1. The second-order valence-corrected chi connectivity index (χ2v) is 6.99. The van der Waals surface area contributed by atoms with Crippen molar-refractivity contribution in [3.8, 4) is 0 Å². The highest BCUT2D eigenvalue weighted by atomic mass is 32.2. The van der Waals surface area contributed by atoms with E-state index in [4.69, 9.17) is 12.2 Å². The van der Waals surface area contributed by atoms with E-state index in [0.717, 1.165) is 34.9 Å². The first kappa shape index (κ1) is 18.4. The lowest BCUT2D eigenvalue weighted by Crippen LogP contribution is -2.49. The van der Waals surface area contributed by atoms with Crippen molar-refractivity contribution in [1.29, 1.82) is 0 Å². The highest BCUT2D eigenvalue weighted by Gasteiger charge is 2.37. The molecule has 24 heavy (non-hydrogen) atoms. The van der Waals surface area contributed by atoms with E-state index in [-0.39, 0.29) is 4.32 Å². The Labute approximate surface area is 149 Å². The average molecular weight is 362 g/mol. The van der Waals surface area contributed by atoms with Crippen LogP contribution in [0.15, 0.2) is 29.2 Å². The van der Waals surface area contributed by atoms with Crippen molar-refractivity contribution in [2.24, 2.45) is 0 Å². The summed E-state index contributed by atoms with van der Waals surface area (Å²) in [5.74, 6) is -1.72. The lowest BCUT2D eigenvalue weighted by Gasteiger charge is -2.27. The van der Waals surface area contributed by atoms with Crippen LogP contribution in [0.3, 0.4) is 0 Å². The Morgan fingerprint density at radius 1 is 1.33 bits per heavy atom. The average Bonchev–Trinajstić information content (AvgIpc) is 2.83. The van der Waals surface area contributed by atoms with Crippen molar-refractivity contribution in [2.75, 3.05) is 0 Å². The molecule has 1 aliphatic rings. The molecule has 2 rings (SSSR count). The molecule has 1 aliphatic heterocycles. The number of carboxylic acid groups (broad SMARTS) is 1. The molecule has 0 bridgehead atoms. The van der Waals surface area contributed by atoms with Crippen molar-refractivity contribution in [3.05, 3.63) is 40.3 Å². The fourth-order valence-electron chi connectivity index (χ4n) is 2.32. The Bertz CT molecular complexity index is 697. The molecular formula is C17H16NO4S2-. The Kier molecular flexibility index (Phi) is 6.28. The third kappa shape index (κ3) is 4.10. The van der Waals surface area contributed by atoms with Gasteiger partial charge in [0.2, 0.25) is 0 Å². The molecule has 5 nitrogen and oxygen atoms in total. The van der Waals surface area contributed by atoms with E-state index >= 15 is 0 Å². The summed E-state index contributed by atoms with van der Waals surface area (Å²) in [5.41, 5.74) is 1.27. The van der Waals surface area contributed by atoms with Gasteiger partial charge in [-0.05, 0) is 18.1 Å². The number of carboxylic acids is 1. The lowest BCUT2D eigenvalue weighted by molar-refractivity contribution is -0.310. The minimum absolute atomic E-state index is 0.223. The van der Waals surface area contributed by atoms with E-state index in [9.17, 15) is 19.5 Å². The number of amides is 1. The van der Waals surface area contributed by atoms with Gasteiger partial charge in [-0.25, -0.2) is 0 Å². The quantitative estimate of drug-likeness (QED) is 0.419. The summed E-state index contributed by atoms with van der Waals surface area (Å²) in [4.78, 5) is 36.1. The highest BCUT2D eigenvalue weighted by molar-refractivity contribution is 8.26. The number of benzene rings is 1. The van der Waals surface area contributed by atoms with Gasteiger partial charge in [-0.15, -0.1) is 0 Å². The first-order chi connectivity index (χ1) is 11.5. The molecule has 1 fully saturated rings. The predicted octanol–water partition coefficient (Wildman–Crippen LogP) is 2.01. The number of unbranched alkanes of at least 4 members (excludes halogenated alkanes) is 1. The second-order valence-electron chi connectivity index (χ2n) is 5.31. The number of carbonyl (C=O) groups excluding carboxylic acids is 3. The van der Waals surface area contributed by atoms with Crippen molar-refractivity contribution in [1.82, 2.24) is 4.90 Å². The van der Waals surface area contributed by atoms with Crippen LogP contribution in [0.1, 0.15) is 42.1 Å². The van der Waals surface area contributed by atoms with Gasteiger partial charge in [0, 0.05) is 5.56 Å². The van der Waals surface area contributed by atoms with Gasteiger partial charge >= 0.3 is 0 Å². The van der Waals surface area contributed by atoms with Gasteiger partial charge in [-0.1, -0.05) is 68.0 Å². The molecule has 0 aliphatic carbocycles. The van der Waals surface area contributed by atoms with Crippen LogP contribution in [0, 0.1) is 0 Å². The van der Waals surface area contributed by atoms with Crippen LogP contribution in [-0.2, 0) is 9.59 Å². The normalized spacial score (nSPS) is 17.4. The van der Waals surface area contributed by atoms with E-state index < -0.39 is 17.9 Å². The maximum atomic E-state index is 12.6. The zero-order chi connectivity index (χ0) is 17.7. The summed E-state index contributed by atoms with van der Waals surface area (Å²) in [6.45, 7) is 1.94. The highest BCUT2D eigenvalue weighted by Crippen LogP contribution is 2.34. The molecule has 1 saturated heterocycles. The van der Waals surface area contributed by atoms with E-state index in [1.165, 1.54) is 0 Å². The number of nitrogens with zero attached hydrogens (tertiary/aromatic N) is 1. The molecule has 1 aromatic carbocycles. The second kappa shape index (κ2) is 8.21. The van der Waals surface area contributed by atoms with Gasteiger partial charge in [0.25, 0.3) is 5.91 Å². The molecule has 0 spiro atoms. The van der Waals surface area contributed by atoms with E-state index in [0.29, 0.717) is 23.3 Å². The maximum Gasteiger partial charge on any atom is 0.266 e. The molecule has 0 radical (unpaired) electrons. The molecule has 0 N–H and O–H groups in total. The number of aliphatic carboxylic acids is 1. The fourth-order valence-corrected chi connectivity index (χ4v) is 3.68. The Morgan fingerprint density at radius 3 is 2.50 bits per heavy atom. The summed E-state index contributed by atoms with van der Waals surface area (Å²) in [6, 6.07) is 5.67. The molecule has 1 heterocycles. The predicted molar refractivity (Wildman–Crippen MR) is 95.2 cm³/mol. The number of thiocarbonyl (C=S) groups is 1. The molecule has 0 unspecified atom stereocenters. The zero-order valence-electron chi connectivity index (χ0n) is 13.1. The van der Waals surface area contributed by atoms with Crippen molar-refractivity contribution < 1.29 is 19.5 Å². The van der Waals surface area contributed by atoms with Crippen molar-refractivity contribution >= 4 is 52.5 Å². The van der Waals surface area contributed by atoms with Gasteiger partial charge in [0.05, 0.1) is 16.9 Å². The number of hydrogen-bond donors (Lipinski definition) is 0. The molecule has 1 aromatic rings. The fraction of sp³-hybridized carbons (Fsp3) is 0.294. The Morgan fingerprint density at radius 2 is 1.96 bits per heavy atom. The third-order valence-electron chi connectivity index (χ3n) is 3.61. The van der Waals surface area contributed by atoms with E-state index in [1.54, 1.807) is 30.3 Å². The third-order valence-corrected chi connectivity index (χ3v) is 4.94. The van der Waals surface area contributed by atoms with E-state index in [1.807, 2.05) is 6.92 Å². The van der Waals surface area contributed by atoms with Crippen LogP contribution in [0.25, 0.3) is 6.08 Å². The van der Waals surface area contributed by atoms with Crippen LogP contribution >= 0.6 is 24.0 Å². The minimum Gasteiger partial charge on any atom is -0.548 e. The zero-order valence-corrected chi connectivity index (χ0v) is 14.7. The van der Waals surface area contributed by atoms with Gasteiger partial charge in [-0.2, -0.15) is 0 Å². The lowest BCUT2D eigenvalue weighted by atomic mass is 10.1. The van der Waals surface area contributed by atoms with Crippen LogP contribution in [0.5, 0.6) is 0 Å². The molecule has 1 atom stereocenters. The first-order valence-electron chi connectivity index (χ1n) is 7.51. The van der Waals surface area contributed by atoms with Crippen molar-refractivity contribution in [2.45, 2.75) is 32.2 Å². The number of thioether (sulfide) groups is 1. The standard InChI is InChI=1S/C17H17NO4S2/c1-2-3-4-13(16(21)22)18-15(20)14(24-17(18)23)9-11-5-7-12(10-19)8-6-11/h5-10,13H,2-4H2,1H3,(H,21,22)/p-1/b14-9-/t13-/m1/s1. The number of hydrogen-bond acceptors (Lipinski definition) is 6. The van der Waals surface area contributed by atoms with Gasteiger partial charge in [0.1, 0.15) is 10.6 Å². The number of carbonyl (C=O) groups is 3. The smallest absolute Gasteiger partial charge is 0.266 e. The molecule has 0 saturated carbocycles. The minimum atomic E-state index is -1.30. The SMILES string of the molecule is CCCC[C@H](C(=O)[O-])N1C(=O)/C(=C/c2ccc(C=O)cc2)SC1=S. The Balaban J connectivity index is 2.24. The summed E-state index contributed by atoms with van der Waals surface area (Å²) >= 11 is 6.26. The molecule has 1 amide bonds. The summed E-state index contributed by atoms with van der Waals surface area (Å²) in [6.07, 6.45) is 4.17. The Hall–Kier alpha value is -1.99. The summed E-state index contributed by atoms with van der Waals surface area (Å²) in [5, 5.41) is 11.4. The molecular weight excluding hydrogens is 346 g/mol. The molecule has 126 valence electrons. The summed E-state index contributed by atoms with van der Waals surface area (Å²) < 4.78 is 0.223. The van der Waals surface area contributed by atoms with Gasteiger partial charge in [0.15, 0.2) is 0 Å². The molecule has 7 heteroatoms.